The van der Waals surface area contributed by atoms with Crippen LogP contribution in [-0.2, 0) is 19.4 Å². The lowest BCUT2D eigenvalue weighted by atomic mass is 9.97. The highest BCUT2D eigenvalue weighted by Gasteiger charge is 2.20. The standard InChI is InChI=1S/C28H26N4OS/c1-2-32(18-20-8-4-3-5-9-20)22-14-12-19(13-15-22)16-21(17-29)26-30-27(33)25-23-10-6-7-11-24(23)34-28(25)31-26/h3-5,8-9,12-16H,2,6-7,10-11,18H2,1H3,(H,30,31,33)/b21-16+. The summed E-state index contributed by atoms with van der Waals surface area (Å²) < 4.78 is 0. The molecule has 0 radical (unpaired) electrons. The molecule has 4 aromatic rings. The third-order valence-electron chi connectivity index (χ3n) is 6.37. The molecule has 0 aliphatic heterocycles. The number of anilines is 1. The molecule has 0 unspecified atom stereocenters. The van der Waals surface area contributed by atoms with Crippen molar-refractivity contribution in [2.24, 2.45) is 0 Å². The maximum Gasteiger partial charge on any atom is 0.260 e. The van der Waals surface area contributed by atoms with Crippen molar-refractivity contribution in [2.75, 3.05) is 11.4 Å². The number of aromatic nitrogens is 2. The first kappa shape index (κ1) is 22.1. The molecule has 2 aromatic carbocycles. The Morgan fingerprint density at radius 3 is 2.65 bits per heavy atom. The van der Waals surface area contributed by atoms with Crippen molar-refractivity contribution < 1.29 is 0 Å². The predicted octanol–water partition coefficient (Wildman–Crippen LogP) is 5.95. The van der Waals surface area contributed by atoms with Crippen LogP contribution in [0.25, 0.3) is 21.9 Å². The molecule has 5 nitrogen and oxygen atoms in total. The van der Waals surface area contributed by atoms with E-state index < -0.39 is 0 Å². The van der Waals surface area contributed by atoms with Gasteiger partial charge in [0.25, 0.3) is 5.56 Å². The Kier molecular flexibility index (Phi) is 6.29. The maximum atomic E-state index is 12.9. The van der Waals surface area contributed by atoms with Crippen LogP contribution in [0.1, 0.15) is 47.2 Å². The third-order valence-corrected chi connectivity index (χ3v) is 7.55. The zero-order chi connectivity index (χ0) is 23.5. The van der Waals surface area contributed by atoms with Crippen molar-refractivity contribution in [3.8, 4) is 6.07 Å². The average Bonchev–Trinajstić information content (AvgIpc) is 3.26. The van der Waals surface area contributed by atoms with Crippen LogP contribution in [0, 0.1) is 11.3 Å². The largest absolute Gasteiger partial charge is 0.367 e. The molecule has 0 saturated heterocycles. The van der Waals surface area contributed by atoms with E-state index in [2.05, 4.69) is 64.3 Å². The molecule has 5 rings (SSSR count). The number of nitriles is 1. The first-order valence-corrected chi connectivity index (χ1v) is 12.5. The van der Waals surface area contributed by atoms with Crippen LogP contribution in [0.5, 0.6) is 0 Å². The maximum absolute atomic E-state index is 12.9. The van der Waals surface area contributed by atoms with Crippen LogP contribution in [0.3, 0.4) is 0 Å². The average molecular weight is 467 g/mol. The number of nitrogens with zero attached hydrogens (tertiary/aromatic N) is 3. The van der Waals surface area contributed by atoms with Crippen molar-refractivity contribution in [2.45, 2.75) is 39.2 Å². The zero-order valence-electron chi connectivity index (χ0n) is 19.2. The number of hydrogen-bond acceptors (Lipinski definition) is 5. The van der Waals surface area contributed by atoms with Gasteiger partial charge in [0.2, 0.25) is 0 Å². The van der Waals surface area contributed by atoms with Gasteiger partial charge in [0.05, 0.1) is 11.0 Å². The molecule has 0 bridgehead atoms. The Balaban J connectivity index is 1.42. The topological polar surface area (TPSA) is 72.8 Å². The van der Waals surface area contributed by atoms with Crippen LogP contribution in [0.4, 0.5) is 5.69 Å². The van der Waals surface area contributed by atoms with Gasteiger partial charge in [0.1, 0.15) is 10.9 Å². The zero-order valence-corrected chi connectivity index (χ0v) is 20.0. The number of fused-ring (bicyclic) bond motifs is 3. The Bertz CT molecular complexity index is 1440. The van der Waals surface area contributed by atoms with Gasteiger partial charge in [0.15, 0.2) is 5.82 Å². The first-order chi connectivity index (χ1) is 16.7. The Labute approximate surface area is 203 Å². The number of aromatic amines is 1. The van der Waals surface area contributed by atoms with Gasteiger partial charge in [0, 0.05) is 23.7 Å². The van der Waals surface area contributed by atoms with Gasteiger partial charge >= 0.3 is 0 Å². The number of allylic oxidation sites excluding steroid dienone is 1. The van der Waals surface area contributed by atoms with E-state index in [1.807, 2.05) is 18.2 Å². The molecule has 0 atom stereocenters. The highest BCUT2D eigenvalue weighted by molar-refractivity contribution is 7.18. The monoisotopic (exact) mass is 466 g/mol. The van der Waals surface area contributed by atoms with Crippen LogP contribution in [0.2, 0.25) is 0 Å². The van der Waals surface area contributed by atoms with E-state index in [1.165, 1.54) is 10.4 Å². The molecule has 0 amide bonds. The lowest BCUT2D eigenvalue weighted by molar-refractivity contribution is 0.700. The highest BCUT2D eigenvalue weighted by atomic mass is 32.1. The molecule has 6 heteroatoms. The van der Waals surface area contributed by atoms with Crippen LogP contribution in [0.15, 0.2) is 59.4 Å². The number of benzene rings is 2. The van der Waals surface area contributed by atoms with Gasteiger partial charge in [-0.2, -0.15) is 5.26 Å². The summed E-state index contributed by atoms with van der Waals surface area (Å²) >= 11 is 1.60. The molecule has 170 valence electrons. The minimum Gasteiger partial charge on any atom is -0.367 e. The summed E-state index contributed by atoms with van der Waals surface area (Å²) in [6.07, 6.45) is 6.00. The van der Waals surface area contributed by atoms with E-state index in [1.54, 1.807) is 17.4 Å². The van der Waals surface area contributed by atoms with E-state index in [0.29, 0.717) is 16.8 Å². The minimum atomic E-state index is -0.143. The van der Waals surface area contributed by atoms with E-state index in [9.17, 15) is 10.1 Å². The Morgan fingerprint density at radius 1 is 1.15 bits per heavy atom. The minimum absolute atomic E-state index is 0.143. The molecule has 0 fully saturated rings. The van der Waals surface area contributed by atoms with Gasteiger partial charge in [-0.25, -0.2) is 4.98 Å². The second kappa shape index (κ2) is 9.66. The Morgan fingerprint density at radius 2 is 1.91 bits per heavy atom. The summed E-state index contributed by atoms with van der Waals surface area (Å²) in [5.41, 5.74) is 4.65. The quantitative estimate of drug-likeness (QED) is 0.356. The van der Waals surface area contributed by atoms with Gasteiger partial charge in [-0.15, -0.1) is 11.3 Å². The summed E-state index contributed by atoms with van der Waals surface area (Å²) in [5.74, 6) is 0.335. The van der Waals surface area contributed by atoms with Gasteiger partial charge in [-0.05, 0) is 67.5 Å². The SMILES string of the molecule is CCN(Cc1ccccc1)c1ccc(/C=C(\C#N)c2nc3sc4c(c3c(=O)[nH]2)CCCC4)cc1. The van der Waals surface area contributed by atoms with Gasteiger partial charge < -0.3 is 9.88 Å². The predicted molar refractivity (Wildman–Crippen MR) is 140 cm³/mol. The summed E-state index contributed by atoms with van der Waals surface area (Å²) in [7, 11) is 0. The lowest BCUT2D eigenvalue weighted by Gasteiger charge is -2.23. The molecule has 1 N–H and O–H groups in total. The highest BCUT2D eigenvalue weighted by Crippen LogP contribution is 2.34. The van der Waals surface area contributed by atoms with Gasteiger partial charge in [-0.1, -0.05) is 42.5 Å². The molecule has 0 spiro atoms. The second-order valence-corrected chi connectivity index (χ2v) is 9.65. The summed E-state index contributed by atoms with van der Waals surface area (Å²) in [4.78, 5) is 24.7. The van der Waals surface area contributed by atoms with Crippen LogP contribution >= 0.6 is 11.3 Å². The fraction of sp³-hybridized carbons (Fsp3) is 0.250. The van der Waals surface area contributed by atoms with Crippen molar-refractivity contribution in [3.63, 3.8) is 0 Å². The molecule has 34 heavy (non-hydrogen) atoms. The van der Waals surface area contributed by atoms with E-state index in [0.717, 1.165) is 60.4 Å². The molecule has 1 aliphatic carbocycles. The third kappa shape index (κ3) is 4.40. The van der Waals surface area contributed by atoms with Gasteiger partial charge in [-0.3, -0.25) is 4.79 Å². The summed E-state index contributed by atoms with van der Waals surface area (Å²) in [5, 5.41) is 10.5. The molecule has 2 heterocycles. The fourth-order valence-corrected chi connectivity index (χ4v) is 5.84. The number of hydrogen-bond donors (Lipinski definition) is 1. The normalized spacial score (nSPS) is 13.5. The van der Waals surface area contributed by atoms with E-state index in [-0.39, 0.29) is 5.56 Å². The fourth-order valence-electron chi connectivity index (χ4n) is 4.58. The summed E-state index contributed by atoms with van der Waals surface area (Å²) in [6.45, 7) is 3.88. The molecular formula is C28H26N4OS. The molecule has 2 aromatic heterocycles. The second-order valence-electron chi connectivity index (χ2n) is 8.57. The van der Waals surface area contributed by atoms with Crippen molar-refractivity contribution >= 4 is 38.9 Å². The number of rotatable bonds is 6. The van der Waals surface area contributed by atoms with Crippen molar-refractivity contribution in [1.82, 2.24) is 9.97 Å². The van der Waals surface area contributed by atoms with Crippen LogP contribution < -0.4 is 10.5 Å². The first-order valence-electron chi connectivity index (χ1n) is 11.7. The number of nitrogens with one attached hydrogen (secondary N) is 1. The molecular weight excluding hydrogens is 440 g/mol. The lowest BCUT2D eigenvalue weighted by Crippen LogP contribution is -2.21. The van der Waals surface area contributed by atoms with Crippen LogP contribution in [-0.4, -0.2) is 16.5 Å². The number of thiophene rings is 1. The van der Waals surface area contributed by atoms with E-state index >= 15 is 0 Å². The van der Waals surface area contributed by atoms with Crippen molar-refractivity contribution in [1.29, 1.82) is 5.26 Å². The Hall–Kier alpha value is -3.69. The summed E-state index contributed by atoms with van der Waals surface area (Å²) in [6, 6.07) is 20.8. The van der Waals surface area contributed by atoms with Crippen molar-refractivity contribution in [3.05, 3.63) is 92.3 Å². The number of aryl methyl sites for hydroxylation is 2. The molecule has 1 aliphatic rings. The number of H-pyrrole nitrogens is 1. The molecule has 0 saturated carbocycles. The van der Waals surface area contributed by atoms with E-state index in [4.69, 9.17) is 0 Å². The smallest absolute Gasteiger partial charge is 0.260 e.